The molecule has 0 saturated heterocycles. The lowest BCUT2D eigenvalue weighted by molar-refractivity contribution is -0.132. The van der Waals surface area contributed by atoms with E-state index in [9.17, 15) is 9.59 Å². The molecule has 1 saturated carbocycles. The number of carbonyl (C=O) groups excluding carboxylic acids is 2. The van der Waals surface area contributed by atoms with E-state index in [-0.39, 0.29) is 24.3 Å². The SMILES string of the molecule is CC(C)C[C@H](NC(=O)C1CCCCC1)C(=O)NCC#N. The summed E-state index contributed by atoms with van der Waals surface area (Å²) in [7, 11) is 0. The van der Waals surface area contributed by atoms with Crippen LogP contribution in [-0.2, 0) is 9.59 Å². The molecule has 2 amide bonds. The highest BCUT2D eigenvalue weighted by Crippen LogP contribution is 2.24. The van der Waals surface area contributed by atoms with Crippen LogP contribution in [0.5, 0.6) is 0 Å². The normalized spacial score (nSPS) is 17.3. The third-order valence-electron chi connectivity index (χ3n) is 3.66. The van der Waals surface area contributed by atoms with Gasteiger partial charge in [0.2, 0.25) is 11.8 Å². The maximum absolute atomic E-state index is 12.2. The summed E-state index contributed by atoms with van der Waals surface area (Å²) < 4.78 is 0. The number of hydrogen-bond donors (Lipinski definition) is 2. The fraction of sp³-hybridized carbons (Fsp3) is 0.800. The van der Waals surface area contributed by atoms with Crippen LogP contribution >= 0.6 is 0 Å². The highest BCUT2D eigenvalue weighted by Gasteiger charge is 2.26. The first kappa shape index (κ1) is 16.5. The van der Waals surface area contributed by atoms with E-state index in [2.05, 4.69) is 10.6 Å². The number of carbonyl (C=O) groups is 2. The molecule has 0 unspecified atom stereocenters. The summed E-state index contributed by atoms with van der Waals surface area (Å²) in [6.07, 6.45) is 5.80. The summed E-state index contributed by atoms with van der Waals surface area (Å²) >= 11 is 0. The Morgan fingerprint density at radius 2 is 1.90 bits per heavy atom. The van der Waals surface area contributed by atoms with Crippen molar-refractivity contribution in [3.05, 3.63) is 0 Å². The fourth-order valence-electron chi connectivity index (χ4n) is 2.61. The van der Waals surface area contributed by atoms with Crippen LogP contribution in [0.1, 0.15) is 52.4 Å². The van der Waals surface area contributed by atoms with Crippen molar-refractivity contribution in [2.45, 2.75) is 58.4 Å². The molecule has 1 rings (SSSR count). The lowest BCUT2D eigenvalue weighted by atomic mass is 9.88. The molecule has 0 spiro atoms. The second-order valence-electron chi connectivity index (χ2n) is 5.90. The van der Waals surface area contributed by atoms with E-state index < -0.39 is 6.04 Å². The lowest BCUT2D eigenvalue weighted by Gasteiger charge is -2.25. The van der Waals surface area contributed by atoms with Gasteiger partial charge in [0.15, 0.2) is 0 Å². The second-order valence-corrected chi connectivity index (χ2v) is 5.90. The minimum Gasteiger partial charge on any atom is -0.344 e. The van der Waals surface area contributed by atoms with Gasteiger partial charge in [0, 0.05) is 5.92 Å². The maximum Gasteiger partial charge on any atom is 0.243 e. The number of hydrogen-bond acceptors (Lipinski definition) is 3. The van der Waals surface area contributed by atoms with Gasteiger partial charge < -0.3 is 10.6 Å². The molecule has 20 heavy (non-hydrogen) atoms. The summed E-state index contributed by atoms with van der Waals surface area (Å²) in [4.78, 5) is 24.2. The Bertz CT molecular complexity index is 368. The zero-order valence-corrected chi connectivity index (χ0v) is 12.4. The van der Waals surface area contributed by atoms with E-state index in [1.807, 2.05) is 19.9 Å². The molecule has 0 aromatic rings. The minimum absolute atomic E-state index is 0.0116. The second kappa shape index (κ2) is 8.57. The van der Waals surface area contributed by atoms with Gasteiger partial charge in [-0.25, -0.2) is 0 Å². The number of nitrogens with zero attached hydrogens (tertiary/aromatic N) is 1. The Balaban J connectivity index is 2.56. The predicted octanol–water partition coefficient (Wildman–Crippen LogP) is 1.74. The van der Waals surface area contributed by atoms with E-state index in [1.165, 1.54) is 6.42 Å². The van der Waals surface area contributed by atoms with Gasteiger partial charge in [0.1, 0.15) is 12.6 Å². The molecule has 0 aromatic heterocycles. The monoisotopic (exact) mass is 279 g/mol. The van der Waals surface area contributed by atoms with Crippen LogP contribution in [0.2, 0.25) is 0 Å². The molecule has 0 radical (unpaired) electrons. The molecule has 112 valence electrons. The fourth-order valence-corrected chi connectivity index (χ4v) is 2.61. The molecule has 0 aliphatic heterocycles. The van der Waals surface area contributed by atoms with Crippen LogP contribution in [0.3, 0.4) is 0 Å². The van der Waals surface area contributed by atoms with Gasteiger partial charge in [0.05, 0.1) is 6.07 Å². The van der Waals surface area contributed by atoms with Crippen molar-refractivity contribution in [2.75, 3.05) is 6.54 Å². The average molecular weight is 279 g/mol. The number of nitriles is 1. The zero-order chi connectivity index (χ0) is 15.0. The van der Waals surface area contributed by atoms with Crippen molar-refractivity contribution in [3.8, 4) is 6.07 Å². The predicted molar refractivity (Wildman–Crippen MR) is 76.6 cm³/mol. The van der Waals surface area contributed by atoms with Gasteiger partial charge in [-0.2, -0.15) is 5.26 Å². The Morgan fingerprint density at radius 3 is 2.45 bits per heavy atom. The van der Waals surface area contributed by atoms with Crippen LogP contribution in [-0.4, -0.2) is 24.4 Å². The minimum atomic E-state index is -0.530. The molecule has 5 heteroatoms. The molecule has 1 aliphatic carbocycles. The molecule has 5 nitrogen and oxygen atoms in total. The highest BCUT2D eigenvalue weighted by molar-refractivity contribution is 5.88. The average Bonchev–Trinajstić information content (AvgIpc) is 2.44. The van der Waals surface area contributed by atoms with E-state index in [4.69, 9.17) is 5.26 Å². The van der Waals surface area contributed by atoms with Crippen molar-refractivity contribution in [2.24, 2.45) is 11.8 Å². The van der Waals surface area contributed by atoms with E-state index in [1.54, 1.807) is 0 Å². The first-order valence-corrected chi connectivity index (χ1v) is 7.49. The van der Waals surface area contributed by atoms with Crippen LogP contribution in [0.4, 0.5) is 0 Å². The summed E-state index contributed by atoms with van der Waals surface area (Å²) in [5.74, 6) is 0.0773. The van der Waals surface area contributed by atoms with Crippen LogP contribution < -0.4 is 10.6 Å². The Hall–Kier alpha value is -1.57. The quantitative estimate of drug-likeness (QED) is 0.726. The Morgan fingerprint density at radius 1 is 1.25 bits per heavy atom. The summed E-state index contributed by atoms with van der Waals surface area (Å²) in [6, 6.07) is 1.35. The van der Waals surface area contributed by atoms with E-state index in [0.717, 1.165) is 25.7 Å². The van der Waals surface area contributed by atoms with Gasteiger partial charge in [-0.3, -0.25) is 9.59 Å². The first-order valence-electron chi connectivity index (χ1n) is 7.49. The topological polar surface area (TPSA) is 82.0 Å². The highest BCUT2D eigenvalue weighted by atomic mass is 16.2. The Labute approximate surface area is 121 Å². The van der Waals surface area contributed by atoms with Gasteiger partial charge in [-0.1, -0.05) is 33.1 Å². The Kier molecular flexibility index (Phi) is 7.06. The van der Waals surface area contributed by atoms with E-state index >= 15 is 0 Å². The molecular weight excluding hydrogens is 254 g/mol. The summed E-state index contributed by atoms with van der Waals surface area (Å²) in [5, 5.41) is 13.9. The summed E-state index contributed by atoms with van der Waals surface area (Å²) in [6.45, 7) is 4.00. The van der Waals surface area contributed by atoms with Crippen LogP contribution in [0, 0.1) is 23.2 Å². The summed E-state index contributed by atoms with van der Waals surface area (Å²) in [5.41, 5.74) is 0. The van der Waals surface area contributed by atoms with Gasteiger partial charge in [0.25, 0.3) is 0 Å². The smallest absolute Gasteiger partial charge is 0.243 e. The molecule has 0 aromatic carbocycles. The van der Waals surface area contributed by atoms with Gasteiger partial charge in [-0.15, -0.1) is 0 Å². The molecule has 1 fully saturated rings. The number of rotatable bonds is 6. The van der Waals surface area contributed by atoms with Gasteiger partial charge in [-0.05, 0) is 25.2 Å². The number of amides is 2. The molecule has 1 atom stereocenters. The van der Waals surface area contributed by atoms with Crippen LogP contribution in [0.25, 0.3) is 0 Å². The zero-order valence-electron chi connectivity index (χ0n) is 12.4. The largest absolute Gasteiger partial charge is 0.344 e. The standard InChI is InChI=1S/C15H25N3O2/c1-11(2)10-13(15(20)17-9-8-16)18-14(19)12-6-4-3-5-7-12/h11-13H,3-7,9-10H2,1-2H3,(H,17,20)(H,18,19)/t13-/m0/s1. The van der Waals surface area contributed by atoms with Crippen LogP contribution in [0.15, 0.2) is 0 Å². The third kappa shape index (κ3) is 5.60. The van der Waals surface area contributed by atoms with Gasteiger partial charge >= 0.3 is 0 Å². The molecule has 2 N–H and O–H groups in total. The molecule has 0 bridgehead atoms. The van der Waals surface area contributed by atoms with Crippen molar-refractivity contribution in [1.29, 1.82) is 5.26 Å². The van der Waals surface area contributed by atoms with Crippen molar-refractivity contribution in [1.82, 2.24) is 10.6 Å². The molecule has 1 aliphatic rings. The van der Waals surface area contributed by atoms with E-state index in [0.29, 0.717) is 12.3 Å². The maximum atomic E-state index is 12.2. The lowest BCUT2D eigenvalue weighted by Crippen LogP contribution is -2.49. The number of nitrogens with one attached hydrogen (secondary N) is 2. The first-order chi connectivity index (χ1) is 9.54. The van der Waals surface area contributed by atoms with Crippen molar-refractivity contribution < 1.29 is 9.59 Å². The molecular formula is C15H25N3O2. The van der Waals surface area contributed by atoms with Crippen molar-refractivity contribution >= 4 is 11.8 Å². The molecule has 0 heterocycles. The van der Waals surface area contributed by atoms with Crippen molar-refractivity contribution in [3.63, 3.8) is 0 Å². The third-order valence-corrected chi connectivity index (χ3v) is 3.66.